The molecular weight excluding hydrogens is 330 g/mol. The number of nitrogens with zero attached hydrogens (tertiary/aromatic N) is 2. The maximum absolute atomic E-state index is 13.1. The Labute approximate surface area is 147 Å². The Morgan fingerprint density at radius 1 is 1.28 bits per heavy atom. The Kier molecular flexibility index (Phi) is 7.60. The first-order valence-electron chi connectivity index (χ1n) is 7.93. The molecule has 0 heterocycles. The molecule has 6 nitrogen and oxygen atoms in total. The van der Waals surface area contributed by atoms with E-state index in [1.165, 1.54) is 6.07 Å². The van der Waals surface area contributed by atoms with Gasteiger partial charge < -0.3 is 20.3 Å². The van der Waals surface area contributed by atoms with Crippen molar-refractivity contribution in [3.63, 3.8) is 0 Å². The average Bonchev–Trinajstić information content (AvgIpc) is 2.48. The van der Waals surface area contributed by atoms with Gasteiger partial charge in [0, 0.05) is 25.7 Å². The molecule has 0 unspecified atom stereocenters. The summed E-state index contributed by atoms with van der Waals surface area (Å²) in [6.45, 7) is 6.50. The zero-order chi connectivity index (χ0) is 19.0. The van der Waals surface area contributed by atoms with E-state index in [4.69, 9.17) is 4.74 Å². The van der Waals surface area contributed by atoms with Crippen LogP contribution in [0.3, 0.4) is 0 Å². The maximum Gasteiger partial charge on any atom is 0.240 e. The molecule has 0 atom stereocenters. The number of hydrogen-bond donors (Lipinski definition) is 2. The lowest BCUT2D eigenvalue weighted by Gasteiger charge is -2.25. The van der Waals surface area contributed by atoms with Crippen molar-refractivity contribution in [2.45, 2.75) is 26.3 Å². The van der Waals surface area contributed by atoms with E-state index in [1.54, 1.807) is 19.0 Å². The van der Waals surface area contributed by atoms with Crippen LogP contribution in [0.25, 0.3) is 0 Å². The van der Waals surface area contributed by atoms with Crippen LogP contribution in [0.1, 0.15) is 20.8 Å². The third-order valence-corrected chi connectivity index (χ3v) is 3.01. The molecule has 0 aliphatic rings. The van der Waals surface area contributed by atoms with Crippen molar-refractivity contribution in [2.24, 2.45) is 4.99 Å². The highest BCUT2D eigenvalue weighted by Crippen LogP contribution is 2.14. The van der Waals surface area contributed by atoms with Crippen LogP contribution in [-0.2, 0) is 4.79 Å². The molecule has 1 aromatic rings. The van der Waals surface area contributed by atoms with Crippen LogP contribution in [0.2, 0.25) is 0 Å². The molecule has 8 heteroatoms. The predicted molar refractivity (Wildman–Crippen MR) is 93.7 cm³/mol. The molecule has 0 bridgehead atoms. The summed E-state index contributed by atoms with van der Waals surface area (Å²) in [5.74, 6) is -1.21. The largest absolute Gasteiger partial charge is 0.492 e. The number of halogens is 2. The zero-order valence-electron chi connectivity index (χ0n) is 15.3. The van der Waals surface area contributed by atoms with Gasteiger partial charge in [-0.3, -0.25) is 9.79 Å². The van der Waals surface area contributed by atoms with Crippen LogP contribution in [0.5, 0.6) is 5.75 Å². The Balaban J connectivity index is 2.40. The molecule has 0 aliphatic heterocycles. The van der Waals surface area contributed by atoms with E-state index in [0.717, 1.165) is 12.1 Å². The summed E-state index contributed by atoms with van der Waals surface area (Å²) in [6, 6.07) is 3.36. The van der Waals surface area contributed by atoms with Gasteiger partial charge in [0.15, 0.2) is 17.6 Å². The summed E-state index contributed by atoms with van der Waals surface area (Å²) in [6.07, 6.45) is 0. The van der Waals surface area contributed by atoms with Crippen molar-refractivity contribution >= 4 is 11.9 Å². The SMILES string of the molecule is CN=C(NCCOc1ccc(F)c(F)c1)N(C)CC(=O)NC(C)(C)C. The van der Waals surface area contributed by atoms with Gasteiger partial charge in [0.25, 0.3) is 0 Å². The number of ether oxygens (including phenoxy) is 1. The molecule has 0 saturated carbocycles. The van der Waals surface area contributed by atoms with Crippen molar-refractivity contribution in [1.82, 2.24) is 15.5 Å². The van der Waals surface area contributed by atoms with Gasteiger partial charge in [-0.25, -0.2) is 8.78 Å². The highest BCUT2D eigenvalue weighted by Gasteiger charge is 2.16. The van der Waals surface area contributed by atoms with Crippen molar-refractivity contribution in [2.75, 3.05) is 33.8 Å². The number of aliphatic imine (C=N–C) groups is 1. The Morgan fingerprint density at radius 2 is 1.96 bits per heavy atom. The summed E-state index contributed by atoms with van der Waals surface area (Å²) in [5.41, 5.74) is -0.298. The molecule has 0 aromatic heterocycles. The third kappa shape index (κ3) is 7.82. The molecule has 140 valence electrons. The van der Waals surface area contributed by atoms with Gasteiger partial charge in [0.2, 0.25) is 5.91 Å². The van der Waals surface area contributed by atoms with Gasteiger partial charge in [-0.05, 0) is 32.9 Å². The number of amides is 1. The third-order valence-electron chi connectivity index (χ3n) is 3.01. The van der Waals surface area contributed by atoms with Crippen molar-refractivity contribution in [3.05, 3.63) is 29.8 Å². The number of guanidine groups is 1. The molecule has 1 amide bonds. The zero-order valence-corrected chi connectivity index (χ0v) is 15.3. The van der Waals surface area contributed by atoms with E-state index in [9.17, 15) is 13.6 Å². The van der Waals surface area contributed by atoms with Crippen LogP contribution in [0.15, 0.2) is 23.2 Å². The second kappa shape index (κ2) is 9.19. The van der Waals surface area contributed by atoms with E-state index in [1.807, 2.05) is 20.8 Å². The molecule has 1 aromatic carbocycles. The average molecular weight is 356 g/mol. The standard InChI is InChI=1S/C17H26F2N4O2/c1-17(2,3)22-15(24)11-23(5)16(20-4)21-8-9-25-12-6-7-13(18)14(19)10-12/h6-7,10H,8-9,11H2,1-5H3,(H,20,21)(H,22,24). The topological polar surface area (TPSA) is 66.0 Å². The minimum atomic E-state index is -0.953. The highest BCUT2D eigenvalue weighted by molar-refractivity contribution is 5.86. The molecule has 2 N–H and O–H groups in total. The second-order valence-electron chi connectivity index (χ2n) is 6.55. The molecule has 0 saturated heterocycles. The molecule has 0 aliphatic carbocycles. The number of carbonyl (C=O) groups excluding carboxylic acids is 1. The van der Waals surface area contributed by atoms with Crippen molar-refractivity contribution in [3.8, 4) is 5.75 Å². The summed E-state index contributed by atoms with van der Waals surface area (Å²) in [7, 11) is 3.35. The molecule has 0 spiro atoms. The Morgan fingerprint density at radius 3 is 2.52 bits per heavy atom. The van der Waals surface area contributed by atoms with E-state index < -0.39 is 11.6 Å². The predicted octanol–water partition coefficient (Wildman–Crippen LogP) is 1.77. The van der Waals surface area contributed by atoms with Gasteiger partial charge in [-0.15, -0.1) is 0 Å². The first-order valence-corrected chi connectivity index (χ1v) is 7.93. The van der Waals surface area contributed by atoms with Crippen LogP contribution < -0.4 is 15.4 Å². The quantitative estimate of drug-likeness (QED) is 0.463. The first kappa shape index (κ1) is 20.7. The van der Waals surface area contributed by atoms with Crippen LogP contribution in [0, 0.1) is 11.6 Å². The Bertz CT molecular complexity index is 615. The van der Waals surface area contributed by atoms with Gasteiger partial charge >= 0.3 is 0 Å². The summed E-state index contributed by atoms with van der Waals surface area (Å²) in [4.78, 5) is 17.7. The van der Waals surface area contributed by atoms with E-state index >= 15 is 0 Å². The smallest absolute Gasteiger partial charge is 0.240 e. The fourth-order valence-electron chi connectivity index (χ4n) is 2.03. The van der Waals surface area contributed by atoms with Gasteiger partial charge in [-0.2, -0.15) is 0 Å². The lowest BCUT2D eigenvalue weighted by Crippen LogP contribution is -2.49. The van der Waals surface area contributed by atoms with Gasteiger partial charge in [0.1, 0.15) is 12.4 Å². The number of carbonyl (C=O) groups is 1. The van der Waals surface area contributed by atoms with Crippen LogP contribution in [-0.4, -0.2) is 56.1 Å². The minimum absolute atomic E-state index is 0.115. The van der Waals surface area contributed by atoms with Crippen LogP contribution in [0.4, 0.5) is 8.78 Å². The fourth-order valence-corrected chi connectivity index (χ4v) is 2.03. The minimum Gasteiger partial charge on any atom is -0.492 e. The van der Waals surface area contributed by atoms with Gasteiger partial charge in [-0.1, -0.05) is 0 Å². The second-order valence-corrected chi connectivity index (χ2v) is 6.55. The normalized spacial score (nSPS) is 11.9. The molecule has 25 heavy (non-hydrogen) atoms. The van der Waals surface area contributed by atoms with E-state index in [0.29, 0.717) is 12.5 Å². The molecule has 0 fully saturated rings. The number of hydrogen-bond acceptors (Lipinski definition) is 3. The number of rotatable bonds is 6. The van der Waals surface area contributed by atoms with E-state index in [-0.39, 0.29) is 30.3 Å². The summed E-state index contributed by atoms with van der Waals surface area (Å²) in [5, 5.41) is 5.91. The monoisotopic (exact) mass is 356 g/mol. The maximum atomic E-state index is 13.1. The molecule has 1 rings (SSSR count). The number of likely N-dealkylation sites (N-methyl/N-ethyl adjacent to an activating group) is 1. The Hall–Kier alpha value is -2.38. The summed E-state index contributed by atoms with van der Waals surface area (Å²) >= 11 is 0. The first-order chi connectivity index (χ1) is 11.6. The fraction of sp³-hybridized carbons (Fsp3) is 0.529. The lowest BCUT2D eigenvalue weighted by atomic mass is 10.1. The molecular formula is C17H26F2N4O2. The van der Waals surface area contributed by atoms with Crippen LogP contribution >= 0.6 is 0 Å². The van der Waals surface area contributed by atoms with Gasteiger partial charge in [0.05, 0.1) is 13.1 Å². The van der Waals surface area contributed by atoms with Crippen molar-refractivity contribution < 1.29 is 18.3 Å². The number of nitrogens with one attached hydrogen (secondary N) is 2. The lowest BCUT2D eigenvalue weighted by molar-refractivity contribution is -0.122. The molecule has 0 radical (unpaired) electrons. The number of benzene rings is 1. The van der Waals surface area contributed by atoms with E-state index in [2.05, 4.69) is 15.6 Å². The highest BCUT2D eigenvalue weighted by atomic mass is 19.2. The van der Waals surface area contributed by atoms with Crippen molar-refractivity contribution in [1.29, 1.82) is 0 Å². The summed E-state index contributed by atoms with van der Waals surface area (Å²) < 4.78 is 31.3.